The molecule has 2 rings (SSSR count). The molecule has 5 heteroatoms. The number of nitrogens with zero attached hydrogens (tertiary/aromatic N) is 1. The fourth-order valence-electron chi connectivity index (χ4n) is 1.49. The predicted molar refractivity (Wildman–Crippen MR) is 58.8 cm³/mol. The van der Waals surface area contributed by atoms with Crippen molar-refractivity contribution in [1.29, 1.82) is 0 Å². The largest absolute Gasteiger partial charge is 0.366 e. The first-order valence-electron chi connectivity index (χ1n) is 4.59. The van der Waals surface area contributed by atoms with E-state index in [1.54, 1.807) is 24.3 Å². The van der Waals surface area contributed by atoms with Gasteiger partial charge in [0.2, 0.25) is 0 Å². The lowest BCUT2D eigenvalue weighted by Crippen LogP contribution is -2.22. The van der Waals surface area contributed by atoms with Crippen LogP contribution in [0, 0.1) is 0 Å². The molecule has 0 radical (unpaired) electrons. The van der Waals surface area contributed by atoms with E-state index in [0.29, 0.717) is 5.52 Å². The van der Waals surface area contributed by atoms with Crippen molar-refractivity contribution in [2.75, 3.05) is 0 Å². The van der Waals surface area contributed by atoms with E-state index in [2.05, 4.69) is 4.98 Å². The van der Waals surface area contributed by atoms with Crippen LogP contribution >= 0.6 is 0 Å². The van der Waals surface area contributed by atoms with Crippen molar-refractivity contribution >= 4 is 22.7 Å². The van der Waals surface area contributed by atoms with Crippen LogP contribution in [-0.2, 0) is 0 Å². The summed E-state index contributed by atoms with van der Waals surface area (Å²) in [6.45, 7) is 0. The van der Waals surface area contributed by atoms with Gasteiger partial charge in [-0.15, -0.1) is 0 Å². The third-order valence-corrected chi connectivity index (χ3v) is 2.22. The molecule has 1 aromatic carbocycles. The number of benzene rings is 1. The van der Waals surface area contributed by atoms with Crippen LogP contribution in [0.3, 0.4) is 0 Å². The number of primary amides is 2. The zero-order valence-electron chi connectivity index (χ0n) is 8.31. The smallest absolute Gasteiger partial charge is 0.268 e. The molecule has 0 atom stereocenters. The fourth-order valence-corrected chi connectivity index (χ4v) is 1.49. The minimum absolute atomic E-state index is 0.0474. The van der Waals surface area contributed by atoms with Crippen molar-refractivity contribution in [2.24, 2.45) is 11.5 Å². The molecule has 0 fully saturated rings. The van der Waals surface area contributed by atoms with Gasteiger partial charge in [0.05, 0.1) is 11.1 Å². The number of pyridine rings is 1. The number of fused-ring (bicyclic) bond motifs is 1. The van der Waals surface area contributed by atoms with E-state index < -0.39 is 11.8 Å². The highest BCUT2D eigenvalue weighted by Crippen LogP contribution is 2.16. The van der Waals surface area contributed by atoms with E-state index in [9.17, 15) is 9.59 Å². The lowest BCUT2D eigenvalue weighted by Gasteiger charge is -2.04. The number of rotatable bonds is 2. The molecular formula is C11H9N3O2. The van der Waals surface area contributed by atoms with Gasteiger partial charge in [-0.05, 0) is 12.1 Å². The van der Waals surface area contributed by atoms with E-state index >= 15 is 0 Å². The average molecular weight is 215 g/mol. The molecule has 4 N–H and O–H groups in total. The van der Waals surface area contributed by atoms with Crippen LogP contribution in [0.25, 0.3) is 10.9 Å². The van der Waals surface area contributed by atoms with Gasteiger partial charge in [0.1, 0.15) is 5.69 Å². The fraction of sp³-hybridized carbons (Fsp3) is 0. The van der Waals surface area contributed by atoms with Gasteiger partial charge in [-0.2, -0.15) is 0 Å². The summed E-state index contributed by atoms with van der Waals surface area (Å²) in [7, 11) is 0. The Balaban J connectivity index is 2.81. The predicted octanol–water partition coefficient (Wildman–Crippen LogP) is 0.433. The molecule has 5 nitrogen and oxygen atoms in total. The van der Waals surface area contributed by atoms with E-state index in [1.807, 2.05) is 0 Å². The standard InChI is InChI=1S/C11H9N3O2/c12-10(15)7-5-6-3-1-2-4-8(6)14-9(7)11(13)16/h1-5H,(H2,12,15)(H2,13,16). The second-order valence-corrected chi connectivity index (χ2v) is 3.31. The average Bonchev–Trinajstić information content (AvgIpc) is 2.27. The van der Waals surface area contributed by atoms with Crippen LogP contribution < -0.4 is 11.5 Å². The Morgan fingerprint density at radius 3 is 2.38 bits per heavy atom. The lowest BCUT2D eigenvalue weighted by atomic mass is 10.1. The highest BCUT2D eigenvalue weighted by atomic mass is 16.2. The summed E-state index contributed by atoms with van der Waals surface area (Å²) in [4.78, 5) is 26.3. The van der Waals surface area contributed by atoms with Crippen LogP contribution in [0.5, 0.6) is 0 Å². The first-order valence-corrected chi connectivity index (χ1v) is 4.59. The molecule has 0 spiro atoms. The summed E-state index contributed by atoms with van der Waals surface area (Å²) in [5.74, 6) is -1.48. The van der Waals surface area contributed by atoms with Gasteiger partial charge in [0.25, 0.3) is 11.8 Å². The molecule has 1 aromatic heterocycles. The first kappa shape index (κ1) is 10.1. The third kappa shape index (κ3) is 1.58. The number of carbonyl (C=O) groups is 2. The number of carbonyl (C=O) groups excluding carboxylic acids is 2. The number of para-hydroxylation sites is 1. The summed E-state index contributed by atoms with van der Waals surface area (Å²) in [5, 5.41) is 0.737. The number of hydrogen-bond acceptors (Lipinski definition) is 3. The Labute approximate surface area is 91.1 Å². The second-order valence-electron chi connectivity index (χ2n) is 3.31. The minimum Gasteiger partial charge on any atom is -0.366 e. The van der Waals surface area contributed by atoms with Crippen molar-refractivity contribution in [2.45, 2.75) is 0 Å². The van der Waals surface area contributed by atoms with E-state index in [1.165, 1.54) is 6.07 Å². The zero-order valence-corrected chi connectivity index (χ0v) is 8.31. The Kier molecular flexibility index (Phi) is 2.28. The van der Waals surface area contributed by atoms with E-state index in [4.69, 9.17) is 11.5 Å². The summed E-state index contributed by atoms with van der Waals surface area (Å²) in [5.41, 5.74) is 10.8. The van der Waals surface area contributed by atoms with E-state index in [0.717, 1.165) is 5.39 Å². The molecule has 0 bridgehead atoms. The molecule has 0 unspecified atom stereocenters. The molecule has 16 heavy (non-hydrogen) atoms. The van der Waals surface area contributed by atoms with Crippen LogP contribution in [0.4, 0.5) is 0 Å². The normalized spacial score (nSPS) is 10.2. The van der Waals surface area contributed by atoms with Crippen molar-refractivity contribution in [3.05, 3.63) is 41.6 Å². The van der Waals surface area contributed by atoms with Crippen molar-refractivity contribution < 1.29 is 9.59 Å². The quantitative estimate of drug-likeness (QED) is 0.759. The van der Waals surface area contributed by atoms with Gasteiger partial charge in [-0.1, -0.05) is 18.2 Å². The third-order valence-electron chi connectivity index (χ3n) is 2.22. The molecular weight excluding hydrogens is 206 g/mol. The summed E-state index contributed by atoms with van der Waals surface area (Å²) in [6.07, 6.45) is 0. The molecule has 0 saturated carbocycles. The number of hydrogen-bond donors (Lipinski definition) is 2. The van der Waals surface area contributed by atoms with Crippen LogP contribution in [0.2, 0.25) is 0 Å². The number of amides is 2. The van der Waals surface area contributed by atoms with Crippen molar-refractivity contribution in [1.82, 2.24) is 4.98 Å². The Morgan fingerprint density at radius 2 is 1.75 bits per heavy atom. The van der Waals surface area contributed by atoms with Gasteiger partial charge in [-0.25, -0.2) is 4.98 Å². The zero-order chi connectivity index (χ0) is 11.7. The maximum absolute atomic E-state index is 11.1. The molecule has 0 aliphatic heterocycles. The highest BCUT2D eigenvalue weighted by molar-refractivity contribution is 6.07. The van der Waals surface area contributed by atoms with Gasteiger partial charge in [0.15, 0.2) is 0 Å². The SMILES string of the molecule is NC(=O)c1cc2ccccc2nc1C(N)=O. The van der Waals surface area contributed by atoms with Gasteiger partial charge in [-0.3, -0.25) is 9.59 Å². The van der Waals surface area contributed by atoms with Crippen LogP contribution in [-0.4, -0.2) is 16.8 Å². The molecule has 0 aliphatic carbocycles. The number of nitrogens with two attached hydrogens (primary N) is 2. The molecule has 2 amide bonds. The van der Waals surface area contributed by atoms with Gasteiger partial charge < -0.3 is 11.5 Å². The molecule has 2 aromatic rings. The van der Waals surface area contributed by atoms with Crippen LogP contribution in [0.15, 0.2) is 30.3 Å². The maximum atomic E-state index is 11.1. The number of aromatic nitrogens is 1. The monoisotopic (exact) mass is 215 g/mol. The molecule has 80 valence electrons. The Morgan fingerprint density at radius 1 is 1.06 bits per heavy atom. The molecule has 0 aliphatic rings. The van der Waals surface area contributed by atoms with Crippen molar-refractivity contribution in [3.8, 4) is 0 Å². The van der Waals surface area contributed by atoms with Crippen LogP contribution in [0.1, 0.15) is 20.8 Å². The van der Waals surface area contributed by atoms with Gasteiger partial charge in [0, 0.05) is 5.39 Å². The first-order chi connectivity index (χ1) is 7.59. The second kappa shape index (κ2) is 3.62. The lowest BCUT2D eigenvalue weighted by molar-refractivity contribution is 0.0964. The summed E-state index contributed by atoms with van der Waals surface area (Å²) < 4.78 is 0. The Bertz CT molecular complexity index is 540. The highest BCUT2D eigenvalue weighted by Gasteiger charge is 2.15. The van der Waals surface area contributed by atoms with Crippen molar-refractivity contribution in [3.63, 3.8) is 0 Å². The topological polar surface area (TPSA) is 99.1 Å². The molecule has 0 saturated heterocycles. The van der Waals surface area contributed by atoms with E-state index in [-0.39, 0.29) is 11.3 Å². The summed E-state index contributed by atoms with van der Waals surface area (Å²) in [6, 6.07) is 8.61. The summed E-state index contributed by atoms with van der Waals surface area (Å²) >= 11 is 0. The molecule has 1 heterocycles. The maximum Gasteiger partial charge on any atom is 0.268 e. The van der Waals surface area contributed by atoms with Gasteiger partial charge >= 0.3 is 0 Å². The minimum atomic E-state index is -0.764. The Hall–Kier alpha value is -2.43.